The third-order valence-corrected chi connectivity index (χ3v) is 6.89. The lowest BCUT2D eigenvalue weighted by atomic mass is 9.63. The second-order valence-corrected chi connectivity index (χ2v) is 8.60. The number of allylic oxidation sites excluding steroid dienone is 2. The van der Waals surface area contributed by atoms with Crippen molar-refractivity contribution in [3.63, 3.8) is 0 Å². The Bertz CT molecular complexity index is 400. The maximum Gasteiger partial charge on any atom is 0.0689 e. The Hall–Kier alpha value is -0.770. The second kappa shape index (κ2) is 10.3. The maximum absolute atomic E-state index is 9.76. The summed E-state index contributed by atoms with van der Waals surface area (Å²) in [5, 5.41) is 9.76. The van der Waals surface area contributed by atoms with E-state index in [9.17, 15) is 5.26 Å². The van der Waals surface area contributed by atoms with E-state index in [1.165, 1.54) is 64.2 Å². The molecule has 0 saturated heterocycles. The van der Waals surface area contributed by atoms with Gasteiger partial charge in [-0.2, -0.15) is 5.26 Å². The SMILES string of the molecule is CCC/C=C/CCC1(C#N)CCC(C2CCC(CCC)CC2)CC1. The van der Waals surface area contributed by atoms with E-state index >= 15 is 0 Å². The molecule has 2 aliphatic carbocycles. The van der Waals surface area contributed by atoms with Gasteiger partial charge in [0.25, 0.3) is 0 Å². The first-order valence-electron chi connectivity index (χ1n) is 10.8. The van der Waals surface area contributed by atoms with Crippen LogP contribution >= 0.6 is 0 Å². The van der Waals surface area contributed by atoms with Crippen molar-refractivity contribution in [2.24, 2.45) is 23.2 Å². The van der Waals surface area contributed by atoms with Crippen LogP contribution in [0, 0.1) is 34.5 Å². The summed E-state index contributed by atoms with van der Waals surface area (Å²) < 4.78 is 0. The Morgan fingerprint density at radius 1 is 0.875 bits per heavy atom. The zero-order chi connectivity index (χ0) is 17.3. The fourth-order valence-electron chi connectivity index (χ4n) is 5.20. The third-order valence-electron chi connectivity index (χ3n) is 6.89. The van der Waals surface area contributed by atoms with Crippen molar-refractivity contribution in [1.82, 2.24) is 0 Å². The Balaban J connectivity index is 1.74. The van der Waals surface area contributed by atoms with E-state index in [1.54, 1.807) is 0 Å². The van der Waals surface area contributed by atoms with Gasteiger partial charge in [-0.15, -0.1) is 0 Å². The molecule has 1 heteroatoms. The molecule has 0 aromatic heterocycles. The van der Waals surface area contributed by atoms with Gasteiger partial charge in [-0.25, -0.2) is 0 Å². The van der Waals surface area contributed by atoms with Gasteiger partial charge in [0.05, 0.1) is 11.5 Å². The van der Waals surface area contributed by atoms with Crippen molar-refractivity contribution in [2.45, 2.75) is 104 Å². The number of nitriles is 1. The van der Waals surface area contributed by atoms with Crippen molar-refractivity contribution in [2.75, 3.05) is 0 Å². The van der Waals surface area contributed by atoms with Gasteiger partial charge >= 0.3 is 0 Å². The summed E-state index contributed by atoms with van der Waals surface area (Å²) in [6.45, 7) is 4.55. The van der Waals surface area contributed by atoms with E-state index in [-0.39, 0.29) is 5.41 Å². The lowest BCUT2D eigenvalue weighted by molar-refractivity contribution is 0.117. The van der Waals surface area contributed by atoms with Crippen molar-refractivity contribution < 1.29 is 0 Å². The maximum atomic E-state index is 9.76. The predicted octanol–water partition coefficient (Wildman–Crippen LogP) is 7.43. The van der Waals surface area contributed by atoms with E-state index in [1.807, 2.05) is 0 Å². The predicted molar refractivity (Wildman–Crippen MR) is 104 cm³/mol. The third kappa shape index (κ3) is 5.65. The van der Waals surface area contributed by atoms with Crippen LogP contribution in [0.5, 0.6) is 0 Å². The Labute approximate surface area is 150 Å². The molecule has 0 aromatic carbocycles. The van der Waals surface area contributed by atoms with E-state index < -0.39 is 0 Å². The average molecular weight is 330 g/mol. The lowest BCUT2D eigenvalue weighted by Crippen LogP contribution is -2.31. The normalized spacial score (nSPS) is 34.3. The number of nitrogens with zero attached hydrogens (tertiary/aromatic N) is 1. The molecular weight excluding hydrogens is 290 g/mol. The molecule has 24 heavy (non-hydrogen) atoms. The van der Waals surface area contributed by atoms with Crippen LogP contribution in [0.1, 0.15) is 104 Å². The highest BCUT2D eigenvalue weighted by atomic mass is 14.4. The van der Waals surface area contributed by atoms with Crippen molar-refractivity contribution in [3.8, 4) is 6.07 Å². The number of unbranched alkanes of at least 4 members (excludes halogenated alkanes) is 1. The summed E-state index contributed by atoms with van der Waals surface area (Å²) in [6, 6.07) is 2.72. The zero-order valence-corrected chi connectivity index (χ0v) is 16.2. The minimum absolute atomic E-state index is 0.00747. The van der Waals surface area contributed by atoms with Crippen LogP contribution < -0.4 is 0 Å². The molecule has 0 spiro atoms. The molecule has 0 heterocycles. The van der Waals surface area contributed by atoms with Crippen LogP contribution in [-0.2, 0) is 0 Å². The highest BCUT2D eigenvalue weighted by molar-refractivity contribution is 5.03. The average Bonchev–Trinajstić information content (AvgIpc) is 2.63. The molecule has 0 aliphatic heterocycles. The van der Waals surface area contributed by atoms with Crippen molar-refractivity contribution in [1.29, 1.82) is 5.26 Å². The Morgan fingerprint density at radius 3 is 2.08 bits per heavy atom. The highest BCUT2D eigenvalue weighted by Crippen LogP contribution is 2.47. The van der Waals surface area contributed by atoms with Crippen LogP contribution in [-0.4, -0.2) is 0 Å². The van der Waals surface area contributed by atoms with Gasteiger partial charge in [-0.1, -0.05) is 58.1 Å². The molecule has 0 N–H and O–H groups in total. The molecule has 0 unspecified atom stereocenters. The van der Waals surface area contributed by atoms with Crippen LogP contribution in [0.3, 0.4) is 0 Å². The largest absolute Gasteiger partial charge is 0.198 e. The minimum atomic E-state index is -0.00747. The van der Waals surface area contributed by atoms with Crippen LogP contribution in [0.2, 0.25) is 0 Å². The van der Waals surface area contributed by atoms with Gasteiger partial charge < -0.3 is 0 Å². The number of hydrogen-bond acceptors (Lipinski definition) is 1. The molecule has 2 fully saturated rings. The minimum Gasteiger partial charge on any atom is -0.198 e. The molecule has 2 rings (SSSR count). The van der Waals surface area contributed by atoms with Gasteiger partial charge in [-0.05, 0) is 75.5 Å². The van der Waals surface area contributed by atoms with Crippen molar-refractivity contribution in [3.05, 3.63) is 12.2 Å². The van der Waals surface area contributed by atoms with Crippen LogP contribution in [0.25, 0.3) is 0 Å². The molecule has 2 saturated carbocycles. The fraction of sp³-hybridized carbons (Fsp3) is 0.870. The van der Waals surface area contributed by atoms with Gasteiger partial charge in [0, 0.05) is 0 Å². The van der Waals surface area contributed by atoms with E-state index in [0.717, 1.165) is 43.4 Å². The van der Waals surface area contributed by atoms with Gasteiger partial charge in [-0.3, -0.25) is 0 Å². The summed E-state index contributed by atoms with van der Waals surface area (Å²) in [7, 11) is 0. The summed E-state index contributed by atoms with van der Waals surface area (Å²) in [5.41, 5.74) is -0.00747. The molecule has 0 atom stereocenters. The van der Waals surface area contributed by atoms with E-state index in [2.05, 4.69) is 32.1 Å². The highest BCUT2D eigenvalue weighted by Gasteiger charge is 2.38. The lowest BCUT2D eigenvalue weighted by Gasteiger charge is -2.40. The molecule has 0 aromatic rings. The summed E-state index contributed by atoms with van der Waals surface area (Å²) >= 11 is 0. The Morgan fingerprint density at radius 2 is 1.50 bits per heavy atom. The molecule has 2 aliphatic rings. The van der Waals surface area contributed by atoms with Gasteiger partial charge in [0.2, 0.25) is 0 Å². The van der Waals surface area contributed by atoms with E-state index in [4.69, 9.17) is 0 Å². The molecule has 0 bridgehead atoms. The monoisotopic (exact) mass is 329 g/mol. The number of hydrogen-bond donors (Lipinski definition) is 0. The summed E-state index contributed by atoms with van der Waals surface area (Å²) in [4.78, 5) is 0. The first kappa shape index (κ1) is 19.6. The van der Waals surface area contributed by atoms with E-state index in [0.29, 0.717) is 0 Å². The number of rotatable bonds is 8. The molecular formula is C23H39N. The quantitative estimate of drug-likeness (QED) is 0.425. The fourth-order valence-corrected chi connectivity index (χ4v) is 5.20. The summed E-state index contributed by atoms with van der Waals surface area (Å²) in [6.07, 6.45) is 22.8. The smallest absolute Gasteiger partial charge is 0.0689 e. The van der Waals surface area contributed by atoms with Crippen LogP contribution in [0.15, 0.2) is 12.2 Å². The molecule has 1 nitrogen and oxygen atoms in total. The first-order valence-corrected chi connectivity index (χ1v) is 10.8. The first-order chi connectivity index (χ1) is 11.7. The van der Waals surface area contributed by atoms with Gasteiger partial charge in [0.1, 0.15) is 0 Å². The van der Waals surface area contributed by atoms with Crippen molar-refractivity contribution >= 4 is 0 Å². The molecule has 0 amide bonds. The zero-order valence-electron chi connectivity index (χ0n) is 16.2. The molecule has 136 valence electrons. The standard InChI is InChI=1S/C23H39N/c1-3-5-6-7-8-16-23(19-24)17-14-22(15-18-23)21-12-10-20(9-4-2)11-13-21/h6-7,20-22H,3-5,8-18H2,1-2H3/b7-6+. The van der Waals surface area contributed by atoms with Gasteiger partial charge in [0.15, 0.2) is 0 Å². The Kier molecular flexibility index (Phi) is 8.37. The molecule has 0 radical (unpaired) electrons. The summed E-state index contributed by atoms with van der Waals surface area (Å²) in [5.74, 6) is 2.91. The second-order valence-electron chi connectivity index (χ2n) is 8.60. The topological polar surface area (TPSA) is 23.8 Å². The van der Waals surface area contributed by atoms with Crippen LogP contribution in [0.4, 0.5) is 0 Å².